The summed E-state index contributed by atoms with van der Waals surface area (Å²) in [5.41, 5.74) is 0. The van der Waals surface area contributed by atoms with Gasteiger partial charge < -0.3 is 14.9 Å². The Labute approximate surface area is 89.8 Å². The molecule has 1 N–H and O–H groups in total. The molecule has 15 heavy (non-hydrogen) atoms. The van der Waals surface area contributed by atoms with Gasteiger partial charge in [0.1, 0.15) is 0 Å². The first-order valence-corrected chi connectivity index (χ1v) is 5.26. The SMILES string of the molecule is CCOC1=NO[C@H](CNC(=O)C(C)C)C1. The zero-order valence-corrected chi connectivity index (χ0v) is 9.45. The number of nitrogens with zero attached hydrogens (tertiary/aromatic N) is 1. The fourth-order valence-corrected chi connectivity index (χ4v) is 1.18. The van der Waals surface area contributed by atoms with Gasteiger partial charge >= 0.3 is 0 Å². The Morgan fingerprint density at radius 2 is 2.47 bits per heavy atom. The molecule has 0 unspecified atom stereocenters. The van der Waals surface area contributed by atoms with E-state index in [-0.39, 0.29) is 17.9 Å². The smallest absolute Gasteiger partial charge is 0.229 e. The topological polar surface area (TPSA) is 59.9 Å². The Balaban J connectivity index is 2.19. The van der Waals surface area contributed by atoms with E-state index in [1.54, 1.807) is 0 Å². The average Bonchev–Trinajstić information content (AvgIpc) is 2.62. The number of amides is 1. The van der Waals surface area contributed by atoms with Crippen molar-refractivity contribution in [3.8, 4) is 0 Å². The van der Waals surface area contributed by atoms with Gasteiger partial charge in [-0.2, -0.15) is 0 Å². The second kappa shape index (κ2) is 5.58. The van der Waals surface area contributed by atoms with Gasteiger partial charge in [-0.05, 0) is 6.92 Å². The number of oxime groups is 1. The summed E-state index contributed by atoms with van der Waals surface area (Å²) < 4.78 is 5.20. The first-order chi connectivity index (χ1) is 7.13. The first kappa shape index (κ1) is 11.8. The molecule has 86 valence electrons. The van der Waals surface area contributed by atoms with Crippen LogP contribution in [0.25, 0.3) is 0 Å². The van der Waals surface area contributed by atoms with Crippen LogP contribution >= 0.6 is 0 Å². The standard InChI is InChI=1S/C10H18N2O3/c1-4-14-9-5-8(15-12-9)6-11-10(13)7(2)3/h7-8H,4-6H2,1-3H3,(H,11,13)/t8-/m0/s1. The minimum atomic E-state index is -0.0887. The van der Waals surface area contributed by atoms with E-state index in [0.29, 0.717) is 25.5 Å². The summed E-state index contributed by atoms with van der Waals surface area (Å²) in [6.45, 7) is 6.68. The maximum Gasteiger partial charge on any atom is 0.229 e. The highest BCUT2D eigenvalue weighted by Crippen LogP contribution is 2.10. The van der Waals surface area contributed by atoms with E-state index in [1.165, 1.54) is 0 Å². The first-order valence-electron chi connectivity index (χ1n) is 5.26. The average molecular weight is 214 g/mol. The van der Waals surface area contributed by atoms with Crippen LogP contribution in [0.1, 0.15) is 27.2 Å². The molecule has 0 saturated carbocycles. The molecule has 0 saturated heterocycles. The molecule has 1 heterocycles. The van der Waals surface area contributed by atoms with Crippen molar-refractivity contribution < 1.29 is 14.4 Å². The van der Waals surface area contributed by atoms with E-state index in [4.69, 9.17) is 9.57 Å². The van der Waals surface area contributed by atoms with Gasteiger partial charge in [0.15, 0.2) is 6.10 Å². The maximum absolute atomic E-state index is 11.3. The quantitative estimate of drug-likeness (QED) is 0.756. The van der Waals surface area contributed by atoms with Gasteiger partial charge in [0.25, 0.3) is 0 Å². The zero-order chi connectivity index (χ0) is 11.3. The van der Waals surface area contributed by atoms with Gasteiger partial charge in [0, 0.05) is 5.92 Å². The number of carbonyl (C=O) groups excluding carboxylic acids is 1. The summed E-state index contributed by atoms with van der Waals surface area (Å²) in [5, 5.41) is 6.57. The van der Waals surface area contributed by atoms with Crippen molar-refractivity contribution in [3.63, 3.8) is 0 Å². The monoisotopic (exact) mass is 214 g/mol. The summed E-state index contributed by atoms with van der Waals surface area (Å²) in [7, 11) is 0. The minimum absolute atomic E-state index is 0.00122. The lowest BCUT2D eigenvalue weighted by atomic mass is 10.2. The van der Waals surface area contributed by atoms with Gasteiger partial charge in [0.05, 0.1) is 19.6 Å². The maximum atomic E-state index is 11.3. The van der Waals surface area contributed by atoms with Crippen molar-refractivity contribution in [1.29, 1.82) is 0 Å². The van der Waals surface area contributed by atoms with Gasteiger partial charge in [0.2, 0.25) is 11.8 Å². The Bertz CT molecular complexity index is 251. The van der Waals surface area contributed by atoms with Crippen molar-refractivity contribution in [2.75, 3.05) is 13.2 Å². The van der Waals surface area contributed by atoms with Crippen molar-refractivity contribution in [2.24, 2.45) is 11.1 Å². The van der Waals surface area contributed by atoms with Crippen LogP contribution in [-0.2, 0) is 14.4 Å². The molecule has 0 aromatic carbocycles. The van der Waals surface area contributed by atoms with Crippen molar-refractivity contribution in [2.45, 2.75) is 33.3 Å². The lowest BCUT2D eigenvalue weighted by Gasteiger charge is -2.10. The Hall–Kier alpha value is -1.26. The third-order valence-electron chi connectivity index (χ3n) is 2.05. The van der Waals surface area contributed by atoms with Crippen LogP contribution in [0.5, 0.6) is 0 Å². The summed E-state index contributed by atoms with van der Waals surface area (Å²) in [6.07, 6.45) is 0.543. The summed E-state index contributed by atoms with van der Waals surface area (Å²) in [5.74, 6) is 0.642. The van der Waals surface area contributed by atoms with E-state index >= 15 is 0 Å². The van der Waals surface area contributed by atoms with Gasteiger partial charge in [-0.15, -0.1) is 0 Å². The van der Waals surface area contributed by atoms with Gasteiger partial charge in [-0.1, -0.05) is 19.0 Å². The summed E-state index contributed by atoms with van der Waals surface area (Å²) in [6, 6.07) is 0. The third kappa shape index (κ3) is 3.77. The highest BCUT2D eigenvalue weighted by molar-refractivity contribution is 5.79. The van der Waals surface area contributed by atoms with E-state index < -0.39 is 0 Å². The van der Waals surface area contributed by atoms with Crippen LogP contribution in [0.3, 0.4) is 0 Å². The fraction of sp³-hybridized carbons (Fsp3) is 0.800. The van der Waals surface area contributed by atoms with Crippen LogP contribution in [-0.4, -0.2) is 31.1 Å². The number of rotatable bonds is 4. The molecule has 0 spiro atoms. The largest absolute Gasteiger partial charge is 0.479 e. The molecule has 0 radical (unpaired) electrons. The normalized spacial score (nSPS) is 19.7. The van der Waals surface area contributed by atoms with E-state index in [2.05, 4.69) is 10.5 Å². The molecule has 0 aliphatic carbocycles. The second-order valence-electron chi connectivity index (χ2n) is 3.75. The highest BCUT2D eigenvalue weighted by Gasteiger charge is 2.22. The van der Waals surface area contributed by atoms with Gasteiger partial charge in [-0.25, -0.2) is 0 Å². The molecule has 1 aliphatic heterocycles. The molecule has 0 aromatic heterocycles. The van der Waals surface area contributed by atoms with Crippen LogP contribution < -0.4 is 5.32 Å². The molecule has 5 nitrogen and oxygen atoms in total. The van der Waals surface area contributed by atoms with Crippen molar-refractivity contribution in [3.05, 3.63) is 0 Å². The second-order valence-corrected chi connectivity index (χ2v) is 3.75. The number of carbonyl (C=O) groups is 1. The van der Waals surface area contributed by atoms with Crippen molar-refractivity contribution >= 4 is 11.8 Å². The predicted molar refractivity (Wildman–Crippen MR) is 56.4 cm³/mol. The summed E-state index contributed by atoms with van der Waals surface area (Å²) in [4.78, 5) is 16.4. The van der Waals surface area contributed by atoms with E-state index in [9.17, 15) is 4.79 Å². The Morgan fingerprint density at radius 1 is 1.73 bits per heavy atom. The van der Waals surface area contributed by atoms with Crippen LogP contribution in [0.4, 0.5) is 0 Å². The zero-order valence-electron chi connectivity index (χ0n) is 9.45. The Kier molecular flexibility index (Phi) is 4.39. The molecule has 5 heteroatoms. The molecular formula is C10H18N2O3. The molecule has 0 fully saturated rings. The lowest BCUT2D eigenvalue weighted by Crippen LogP contribution is -2.34. The van der Waals surface area contributed by atoms with Gasteiger partial charge in [-0.3, -0.25) is 4.79 Å². The lowest BCUT2D eigenvalue weighted by molar-refractivity contribution is -0.124. The fourth-order valence-electron chi connectivity index (χ4n) is 1.18. The van der Waals surface area contributed by atoms with Crippen molar-refractivity contribution in [1.82, 2.24) is 5.32 Å². The molecule has 1 atom stereocenters. The van der Waals surface area contributed by atoms with Crippen LogP contribution in [0, 0.1) is 5.92 Å². The molecule has 1 rings (SSSR count). The highest BCUT2D eigenvalue weighted by atomic mass is 16.7. The van der Waals surface area contributed by atoms with Crippen LogP contribution in [0.15, 0.2) is 5.16 Å². The molecule has 1 aliphatic rings. The number of nitrogens with one attached hydrogen (secondary N) is 1. The molecule has 0 bridgehead atoms. The van der Waals surface area contributed by atoms with E-state index in [0.717, 1.165) is 0 Å². The third-order valence-corrected chi connectivity index (χ3v) is 2.05. The molecule has 1 amide bonds. The number of hydrogen-bond donors (Lipinski definition) is 1. The van der Waals surface area contributed by atoms with Crippen LogP contribution in [0.2, 0.25) is 0 Å². The minimum Gasteiger partial charge on any atom is -0.479 e. The van der Waals surface area contributed by atoms with E-state index in [1.807, 2.05) is 20.8 Å². The molecule has 0 aromatic rings. The summed E-state index contributed by atoms with van der Waals surface area (Å²) >= 11 is 0. The molecular weight excluding hydrogens is 196 g/mol. The number of ether oxygens (including phenoxy) is 1. The number of hydrogen-bond acceptors (Lipinski definition) is 4. The predicted octanol–water partition coefficient (Wildman–Crippen LogP) is 0.897. The Morgan fingerprint density at radius 3 is 3.07 bits per heavy atom.